The van der Waals surface area contributed by atoms with Gasteiger partial charge in [0, 0.05) is 29.0 Å². The molecule has 0 spiro atoms. The molecule has 1 aliphatic carbocycles. The molecule has 3 aromatic rings. The third-order valence-corrected chi connectivity index (χ3v) is 5.66. The minimum absolute atomic E-state index is 0.290. The number of para-hydroxylation sites is 1. The summed E-state index contributed by atoms with van der Waals surface area (Å²) in [5.41, 5.74) is 2.20. The first-order chi connectivity index (χ1) is 13.3. The van der Waals surface area contributed by atoms with Crippen molar-refractivity contribution in [3.63, 3.8) is 0 Å². The SMILES string of the molecule is COc1ccc(N(Cc2nccs2)c2ccccc2)cc1OC1CCCC1. The summed E-state index contributed by atoms with van der Waals surface area (Å²) in [6.07, 6.45) is 6.87. The van der Waals surface area contributed by atoms with Crippen LogP contribution in [0.15, 0.2) is 60.1 Å². The van der Waals surface area contributed by atoms with Crippen LogP contribution in [0.25, 0.3) is 0 Å². The van der Waals surface area contributed by atoms with Crippen LogP contribution in [0.4, 0.5) is 11.4 Å². The van der Waals surface area contributed by atoms with Crippen molar-refractivity contribution in [2.75, 3.05) is 12.0 Å². The molecule has 1 fully saturated rings. The molecule has 1 heterocycles. The topological polar surface area (TPSA) is 34.6 Å². The molecule has 1 saturated carbocycles. The Hall–Kier alpha value is -2.53. The molecule has 4 nitrogen and oxygen atoms in total. The molecule has 0 N–H and O–H groups in total. The molecule has 1 aliphatic rings. The number of nitrogens with zero attached hydrogens (tertiary/aromatic N) is 2. The van der Waals surface area contributed by atoms with Gasteiger partial charge in [0.25, 0.3) is 0 Å². The van der Waals surface area contributed by atoms with E-state index in [1.54, 1.807) is 18.4 Å². The van der Waals surface area contributed by atoms with Gasteiger partial charge in [-0.15, -0.1) is 11.3 Å². The summed E-state index contributed by atoms with van der Waals surface area (Å²) in [5.74, 6) is 1.61. The number of hydrogen-bond donors (Lipinski definition) is 0. The van der Waals surface area contributed by atoms with Crippen LogP contribution in [0, 0.1) is 0 Å². The van der Waals surface area contributed by atoms with Crippen LogP contribution in [-0.4, -0.2) is 18.2 Å². The first-order valence-corrected chi connectivity index (χ1v) is 10.3. The second kappa shape index (κ2) is 8.44. The molecule has 27 heavy (non-hydrogen) atoms. The fraction of sp³-hybridized carbons (Fsp3) is 0.318. The molecule has 0 saturated heterocycles. The number of anilines is 2. The van der Waals surface area contributed by atoms with E-state index in [1.165, 1.54) is 12.8 Å². The van der Waals surface area contributed by atoms with Crippen molar-refractivity contribution in [3.8, 4) is 11.5 Å². The number of ether oxygens (including phenoxy) is 2. The quantitative estimate of drug-likeness (QED) is 0.518. The smallest absolute Gasteiger partial charge is 0.163 e. The van der Waals surface area contributed by atoms with Crippen molar-refractivity contribution in [1.82, 2.24) is 4.98 Å². The fourth-order valence-electron chi connectivity index (χ4n) is 3.52. The molecular formula is C22H24N2O2S. The third kappa shape index (κ3) is 4.25. The largest absolute Gasteiger partial charge is 0.493 e. The number of aromatic nitrogens is 1. The molecule has 0 atom stereocenters. The maximum atomic E-state index is 6.29. The summed E-state index contributed by atoms with van der Waals surface area (Å²) in [6, 6.07) is 16.6. The van der Waals surface area contributed by atoms with Gasteiger partial charge in [-0.1, -0.05) is 18.2 Å². The maximum Gasteiger partial charge on any atom is 0.163 e. The van der Waals surface area contributed by atoms with Gasteiger partial charge >= 0.3 is 0 Å². The minimum atomic E-state index is 0.290. The maximum absolute atomic E-state index is 6.29. The fourth-order valence-corrected chi connectivity index (χ4v) is 4.12. The second-order valence-corrected chi connectivity index (χ2v) is 7.69. The van der Waals surface area contributed by atoms with Gasteiger partial charge in [0.05, 0.1) is 19.8 Å². The minimum Gasteiger partial charge on any atom is -0.493 e. The highest BCUT2D eigenvalue weighted by molar-refractivity contribution is 7.09. The molecule has 0 bridgehead atoms. The Balaban J connectivity index is 1.68. The van der Waals surface area contributed by atoms with Gasteiger partial charge < -0.3 is 14.4 Å². The van der Waals surface area contributed by atoms with E-state index >= 15 is 0 Å². The summed E-state index contributed by atoms with van der Waals surface area (Å²) in [7, 11) is 1.70. The Morgan fingerprint density at radius 3 is 2.56 bits per heavy atom. The summed E-state index contributed by atoms with van der Waals surface area (Å²) in [5, 5.41) is 3.09. The lowest BCUT2D eigenvalue weighted by Crippen LogP contribution is -2.17. The van der Waals surface area contributed by atoms with Crippen LogP contribution in [-0.2, 0) is 6.54 Å². The number of methoxy groups -OCH3 is 1. The molecule has 4 rings (SSSR count). The van der Waals surface area contributed by atoms with E-state index in [-0.39, 0.29) is 0 Å². The van der Waals surface area contributed by atoms with Gasteiger partial charge in [-0.25, -0.2) is 4.98 Å². The van der Waals surface area contributed by atoms with Gasteiger partial charge in [-0.05, 0) is 49.9 Å². The Kier molecular flexibility index (Phi) is 5.58. The van der Waals surface area contributed by atoms with Gasteiger partial charge in [0.1, 0.15) is 5.01 Å². The van der Waals surface area contributed by atoms with Crippen molar-refractivity contribution in [3.05, 3.63) is 65.1 Å². The van der Waals surface area contributed by atoms with Crippen LogP contribution in [0.1, 0.15) is 30.7 Å². The average Bonchev–Trinajstić information content (AvgIpc) is 3.41. The van der Waals surface area contributed by atoms with Crippen LogP contribution in [0.5, 0.6) is 11.5 Å². The van der Waals surface area contributed by atoms with E-state index in [9.17, 15) is 0 Å². The van der Waals surface area contributed by atoms with Gasteiger partial charge in [-0.2, -0.15) is 0 Å². The summed E-state index contributed by atoms with van der Waals surface area (Å²) in [6.45, 7) is 0.719. The molecule has 0 aliphatic heterocycles. The Labute approximate surface area is 164 Å². The highest BCUT2D eigenvalue weighted by Gasteiger charge is 2.20. The molecule has 2 aromatic carbocycles. The highest BCUT2D eigenvalue weighted by atomic mass is 32.1. The zero-order valence-electron chi connectivity index (χ0n) is 15.5. The molecule has 5 heteroatoms. The Morgan fingerprint density at radius 1 is 1.04 bits per heavy atom. The third-order valence-electron chi connectivity index (χ3n) is 4.90. The number of rotatable bonds is 7. The van der Waals surface area contributed by atoms with Crippen molar-refractivity contribution in [1.29, 1.82) is 0 Å². The van der Waals surface area contributed by atoms with E-state index in [0.717, 1.165) is 47.3 Å². The first kappa shape index (κ1) is 17.9. The zero-order valence-corrected chi connectivity index (χ0v) is 16.3. The molecule has 140 valence electrons. The van der Waals surface area contributed by atoms with Crippen molar-refractivity contribution in [2.45, 2.75) is 38.3 Å². The lowest BCUT2D eigenvalue weighted by molar-refractivity contribution is 0.201. The van der Waals surface area contributed by atoms with Crippen LogP contribution in [0.3, 0.4) is 0 Å². The molecule has 0 radical (unpaired) electrons. The number of benzene rings is 2. The van der Waals surface area contributed by atoms with Crippen LogP contribution in [0.2, 0.25) is 0 Å². The highest BCUT2D eigenvalue weighted by Crippen LogP contribution is 2.37. The molecule has 1 aromatic heterocycles. The van der Waals surface area contributed by atoms with Crippen molar-refractivity contribution in [2.24, 2.45) is 0 Å². The van der Waals surface area contributed by atoms with Gasteiger partial charge in [0.15, 0.2) is 11.5 Å². The van der Waals surface area contributed by atoms with Crippen LogP contribution < -0.4 is 14.4 Å². The van der Waals surface area contributed by atoms with Crippen molar-refractivity contribution >= 4 is 22.7 Å². The predicted octanol–water partition coefficient (Wildman–Crippen LogP) is 5.81. The first-order valence-electron chi connectivity index (χ1n) is 9.39. The van der Waals surface area contributed by atoms with Gasteiger partial charge in [0.2, 0.25) is 0 Å². The number of thiazole rings is 1. The Morgan fingerprint density at radius 2 is 1.85 bits per heavy atom. The summed E-state index contributed by atoms with van der Waals surface area (Å²) >= 11 is 1.67. The Bertz CT molecular complexity index is 846. The normalized spacial score (nSPS) is 14.3. The van der Waals surface area contributed by atoms with Crippen molar-refractivity contribution < 1.29 is 9.47 Å². The standard InChI is InChI=1S/C22H24N2O2S/c1-25-20-12-11-18(15-21(20)26-19-9-5-6-10-19)24(16-22-23-13-14-27-22)17-7-3-2-4-8-17/h2-4,7-8,11-15,19H,5-6,9-10,16H2,1H3. The average molecular weight is 381 g/mol. The van der Waals surface area contributed by atoms with E-state index in [4.69, 9.17) is 9.47 Å². The lowest BCUT2D eigenvalue weighted by atomic mass is 10.2. The lowest BCUT2D eigenvalue weighted by Gasteiger charge is -2.25. The molecule has 0 unspecified atom stereocenters. The molecular weight excluding hydrogens is 356 g/mol. The molecule has 0 amide bonds. The predicted molar refractivity (Wildman–Crippen MR) is 110 cm³/mol. The zero-order chi connectivity index (χ0) is 18.5. The van der Waals surface area contributed by atoms with Crippen LogP contribution >= 0.6 is 11.3 Å². The number of hydrogen-bond acceptors (Lipinski definition) is 5. The summed E-state index contributed by atoms with van der Waals surface area (Å²) < 4.78 is 11.8. The van der Waals surface area contributed by atoms with E-state index < -0.39 is 0 Å². The monoisotopic (exact) mass is 380 g/mol. The van der Waals surface area contributed by atoms with E-state index in [0.29, 0.717) is 6.10 Å². The van der Waals surface area contributed by atoms with Gasteiger partial charge in [-0.3, -0.25) is 0 Å². The second-order valence-electron chi connectivity index (χ2n) is 6.71. The van der Waals surface area contributed by atoms with E-state index in [2.05, 4.69) is 46.3 Å². The summed E-state index contributed by atoms with van der Waals surface area (Å²) in [4.78, 5) is 6.73. The van der Waals surface area contributed by atoms with E-state index in [1.807, 2.05) is 23.7 Å².